The maximum Gasteiger partial charge on any atom is 0.192 e. The van der Waals surface area contributed by atoms with E-state index in [1.165, 1.54) is 11.8 Å². The van der Waals surface area contributed by atoms with Crippen LogP contribution in [0.1, 0.15) is 45.1 Å². The number of rotatable bonds is 8. The van der Waals surface area contributed by atoms with E-state index in [4.69, 9.17) is 4.74 Å². The highest BCUT2D eigenvalue weighted by atomic mass is 32.2. The molecule has 0 spiro atoms. The second-order valence-corrected chi connectivity index (χ2v) is 10.7. The Morgan fingerprint density at radius 3 is 2.47 bits per heavy atom. The van der Waals surface area contributed by atoms with Crippen LogP contribution in [0.3, 0.4) is 0 Å². The summed E-state index contributed by atoms with van der Waals surface area (Å²) in [5, 5.41) is 11.5. The Morgan fingerprint density at radius 1 is 1.09 bits per heavy atom. The molecule has 1 saturated heterocycles. The number of aryl methyl sites for hydroxylation is 2. The average molecular weight is 490 g/mol. The van der Waals surface area contributed by atoms with Crippen molar-refractivity contribution in [1.29, 1.82) is 0 Å². The number of ketones is 1. The zero-order valence-corrected chi connectivity index (χ0v) is 20.9. The first kappa shape index (κ1) is 23.0. The molecule has 7 heteroatoms. The first-order valence-electron chi connectivity index (χ1n) is 11.5. The number of thioether (sulfide) groups is 1. The largest absolute Gasteiger partial charge is 0.376 e. The minimum Gasteiger partial charge on any atom is -0.376 e. The summed E-state index contributed by atoms with van der Waals surface area (Å²) in [7, 11) is 0. The number of benzene rings is 2. The van der Waals surface area contributed by atoms with Gasteiger partial charge >= 0.3 is 0 Å². The fraction of sp³-hybridized carbons (Fsp3) is 0.296. The van der Waals surface area contributed by atoms with Crippen LogP contribution in [-0.2, 0) is 11.3 Å². The first-order valence-corrected chi connectivity index (χ1v) is 13.3. The summed E-state index contributed by atoms with van der Waals surface area (Å²) in [5.74, 6) is 0.900. The van der Waals surface area contributed by atoms with E-state index in [1.807, 2.05) is 54.8 Å². The molecule has 3 heterocycles. The molecule has 34 heavy (non-hydrogen) atoms. The highest BCUT2D eigenvalue weighted by Gasteiger charge is 2.28. The number of carbonyl (C=O) groups excluding carboxylic acids is 1. The van der Waals surface area contributed by atoms with Crippen LogP contribution in [-0.4, -0.2) is 33.3 Å². The second-order valence-electron chi connectivity index (χ2n) is 8.67. The van der Waals surface area contributed by atoms with Gasteiger partial charge in [-0.25, -0.2) is 0 Å². The number of ether oxygens (including phenoxy) is 1. The minimum absolute atomic E-state index is 0.0678. The monoisotopic (exact) mass is 489 g/mol. The zero-order valence-electron chi connectivity index (χ0n) is 19.3. The molecule has 2 aromatic carbocycles. The van der Waals surface area contributed by atoms with Crippen LogP contribution in [0.25, 0.3) is 10.7 Å². The van der Waals surface area contributed by atoms with Crippen molar-refractivity contribution in [3.63, 3.8) is 0 Å². The third-order valence-corrected chi connectivity index (χ3v) is 8.15. The molecule has 1 aliphatic heterocycles. The smallest absolute Gasteiger partial charge is 0.192 e. The minimum atomic E-state index is -0.424. The van der Waals surface area contributed by atoms with Crippen LogP contribution < -0.4 is 0 Å². The molecule has 0 saturated carbocycles. The third kappa shape index (κ3) is 5.02. The Hall–Kier alpha value is -2.74. The van der Waals surface area contributed by atoms with Crippen molar-refractivity contribution in [2.24, 2.45) is 0 Å². The molecule has 2 atom stereocenters. The van der Waals surface area contributed by atoms with Gasteiger partial charge in [0.25, 0.3) is 0 Å². The van der Waals surface area contributed by atoms with Crippen LogP contribution in [0.4, 0.5) is 0 Å². The van der Waals surface area contributed by atoms with Crippen molar-refractivity contribution in [1.82, 2.24) is 14.8 Å². The molecule has 174 valence electrons. The second kappa shape index (κ2) is 10.3. The average Bonchev–Trinajstić information content (AvgIpc) is 3.62. The van der Waals surface area contributed by atoms with Gasteiger partial charge in [0.15, 0.2) is 16.8 Å². The lowest BCUT2D eigenvalue weighted by molar-refractivity contribution is 0.0953. The Bertz CT molecular complexity index is 1240. The first-order chi connectivity index (χ1) is 16.6. The van der Waals surface area contributed by atoms with Crippen LogP contribution in [0.5, 0.6) is 0 Å². The molecule has 1 fully saturated rings. The van der Waals surface area contributed by atoms with Crippen molar-refractivity contribution >= 4 is 28.9 Å². The number of aromatic nitrogens is 3. The summed E-state index contributed by atoms with van der Waals surface area (Å²) in [6, 6.07) is 20.1. The summed E-state index contributed by atoms with van der Waals surface area (Å²) in [6.07, 6.45) is 2.23. The predicted molar refractivity (Wildman–Crippen MR) is 138 cm³/mol. The summed E-state index contributed by atoms with van der Waals surface area (Å²) < 4.78 is 8.07. The molecule has 1 aliphatic rings. The summed E-state index contributed by atoms with van der Waals surface area (Å²) in [5.41, 5.74) is 3.96. The van der Waals surface area contributed by atoms with Gasteiger partial charge in [0.1, 0.15) is 5.25 Å². The molecule has 0 amide bonds. The van der Waals surface area contributed by atoms with Gasteiger partial charge < -0.3 is 4.74 Å². The quantitative estimate of drug-likeness (QED) is 0.208. The number of hydrogen-bond acceptors (Lipinski definition) is 6. The van der Waals surface area contributed by atoms with E-state index in [0.717, 1.165) is 52.0 Å². The van der Waals surface area contributed by atoms with Crippen LogP contribution in [0, 0.1) is 13.8 Å². The molecule has 2 aromatic heterocycles. The van der Waals surface area contributed by atoms with Gasteiger partial charge in [-0.05, 0) is 43.7 Å². The molecule has 0 radical (unpaired) electrons. The van der Waals surface area contributed by atoms with Crippen molar-refractivity contribution in [2.45, 2.75) is 49.7 Å². The van der Waals surface area contributed by atoms with E-state index < -0.39 is 5.25 Å². The standard InChI is InChI=1S/C27H27N3O2S2/c1-18-7-11-20(12-8-18)24(31)25(21-13-9-19(2)10-14-21)34-27-29-28-26(23-6-4-16-33-23)30(27)17-22-5-3-15-32-22/h4,6-14,16,22,25H,3,5,15,17H2,1-2H3/t22-,25+/m1/s1. The third-order valence-electron chi connectivity index (χ3n) is 6.05. The maximum atomic E-state index is 13.7. The molecule has 0 aliphatic carbocycles. The lowest BCUT2D eigenvalue weighted by Crippen LogP contribution is -2.17. The van der Waals surface area contributed by atoms with Crippen molar-refractivity contribution < 1.29 is 9.53 Å². The molecular weight excluding hydrogens is 462 g/mol. The molecule has 5 rings (SSSR count). The van der Waals surface area contributed by atoms with Crippen LogP contribution in [0.15, 0.2) is 71.2 Å². The molecule has 0 unspecified atom stereocenters. The fourth-order valence-corrected chi connectivity index (χ4v) is 5.95. The molecule has 5 nitrogen and oxygen atoms in total. The number of carbonyl (C=O) groups is 1. The number of Topliss-reactive ketones (excluding diaryl/α,β-unsaturated/α-hetero) is 1. The molecule has 4 aromatic rings. The van der Waals surface area contributed by atoms with Gasteiger partial charge in [-0.2, -0.15) is 0 Å². The van der Waals surface area contributed by atoms with E-state index in [9.17, 15) is 4.79 Å². The highest BCUT2D eigenvalue weighted by Crippen LogP contribution is 2.39. The Labute approximate surface area is 208 Å². The topological polar surface area (TPSA) is 57.0 Å². The van der Waals surface area contributed by atoms with Gasteiger partial charge in [0.05, 0.1) is 17.5 Å². The fourth-order valence-electron chi connectivity index (χ4n) is 4.11. The lowest BCUT2D eigenvalue weighted by atomic mass is 10.0. The summed E-state index contributed by atoms with van der Waals surface area (Å²) in [4.78, 5) is 14.8. The van der Waals surface area contributed by atoms with Gasteiger partial charge in [0.2, 0.25) is 0 Å². The van der Waals surface area contributed by atoms with Crippen molar-refractivity contribution in [3.8, 4) is 10.7 Å². The van der Waals surface area contributed by atoms with E-state index in [2.05, 4.69) is 39.9 Å². The van der Waals surface area contributed by atoms with Crippen LogP contribution >= 0.6 is 23.1 Å². The SMILES string of the molecule is Cc1ccc(C(=O)[C@@H](Sc2nnc(-c3cccs3)n2C[C@H]2CCCO2)c2ccc(C)cc2)cc1. The number of thiophene rings is 1. The molecule has 0 bridgehead atoms. The molecular formula is C27H27N3O2S2. The summed E-state index contributed by atoms with van der Waals surface area (Å²) in [6.45, 7) is 5.56. The number of hydrogen-bond donors (Lipinski definition) is 0. The van der Waals surface area contributed by atoms with Crippen molar-refractivity contribution in [2.75, 3.05) is 6.61 Å². The Kier molecular flexibility index (Phi) is 6.94. The lowest BCUT2D eigenvalue weighted by Gasteiger charge is -2.18. The number of nitrogens with zero attached hydrogens (tertiary/aromatic N) is 3. The Balaban J connectivity index is 1.53. The maximum absolute atomic E-state index is 13.7. The Morgan fingerprint density at radius 2 is 1.82 bits per heavy atom. The predicted octanol–water partition coefficient (Wildman–Crippen LogP) is 6.52. The van der Waals surface area contributed by atoms with E-state index >= 15 is 0 Å². The normalized spacial score (nSPS) is 16.6. The highest BCUT2D eigenvalue weighted by molar-refractivity contribution is 8.00. The van der Waals surface area contributed by atoms with Gasteiger partial charge in [-0.3, -0.25) is 9.36 Å². The molecule has 0 N–H and O–H groups in total. The van der Waals surface area contributed by atoms with Gasteiger partial charge in [0, 0.05) is 12.2 Å². The van der Waals surface area contributed by atoms with E-state index in [1.54, 1.807) is 11.3 Å². The zero-order chi connectivity index (χ0) is 23.5. The summed E-state index contributed by atoms with van der Waals surface area (Å²) >= 11 is 3.11. The van der Waals surface area contributed by atoms with E-state index in [-0.39, 0.29) is 11.9 Å². The van der Waals surface area contributed by atoms with Crippen molar-refractivity contribution in [3.05, 3.63) is 88.3 Å². The van der Waals surface area contributed by atoms with Gasteiger partial charge in [-0.1, -0.05) is 77.5 Å². The van der Waals surface area contributed by atoms with E-state index in [0.29, 0.717) is 12.1 Å². The van der Waals surface area contributed by atoms with Crippen LogP contribution in [0.2, 0.25) is 0 Å². The van der Waals surface area contributed by atoms with Gasteiger partial charge in [-0.15, -0.1) is 21.5 Å².